The van der Waals surface area contributed by atoms with Gasteiger partial charge in [-0.3, -0.25) is 4.79 Å². The van der Waals surface area contributed by atoms with Crippen LogP contribution in [0.5, 0.6) is 5.75 Å². The van der Waals surface area contributed by atoms with Gasteiger partial charge in [-0.15, -0.1) is 11.6 Å². The molecule has 0 bridgehead atoms. The van der Waals surface area contributed by atoms with E-state index >= 15 is 0 Å². The van der Waals surface area contributed by atoms with Crippen LogP contribution < -0.4 is 9.64 Å². The molecular formula is C13H15Cl2NO4S. The van der Waals surface area contributed by atoms with Crippen molar-refractivity contribution in [3.8, 4) is 5.75 Å². The maximum absolute atomic E-state index is 12.2. The lowest BCUT2D eigenvalue weighted by Gasteiger charge is -2.29. The number of sulfone groups is 1. The summed E-state index contributed by atoms with van der Waals surface area (Å²) in [5.41, 5.74) is 0.442. The Kier molecular flexibility index (Phi) is 5.01. The van der Waals surface area contributed by atoms with E-state index in [-0.39, 0.29) is 23.3 Å². The zero-order valence-electron chi connectivity index (χ0n) is 11.4. The lowest BCUT2D eigenvalue weighted by Crippen LogP contribution is -2.42. The summed E-state index contributed by atoms with van der Waals surface area (Å²) in [7, 11) is -1.66. The highest BCUT2D eigenvalue weighted by atomic mass is 35.5. The van der Waals surface area contributed by atoms with Gasteiger partial charge in [0.25, 0.3) is 0 Å². The van der Waals surface area contributed by atoms with Gasteiger partial charge in [-0.2, -0.15) is 0 Å². The van der Waals surface area contributed by atoms with Crippen molar-refractivity contribution in [2.45, 2.75) is 12.5 Å². The van der Waals surface area contributed by atoms with E-state index in [9.17, 15) is 13.2 Å². The average molecular weight is 352 g/mol. The fraction of sp³-hybridized carbons (Fsp3) is 0.462. The van der Waals surface area contributed by atoms with Crippen molar-refractivity contribution in [1.29, 1.82) is 0 Å². The van der Waals surface area contributed by atoms with E-state index in [0.717, 1.165) is 0 Å². The minimum atomic E-state index is -3.13. The molecule has 21 heavy (non-hydrogen) atoms. The van der Waals surface area contributed by atoms with E-state index in [2.05, 4.69) is 0 Å². The topological polar surface area (TPSA) is 63.7 Å². The number of alkyl halides is 1. The number of hydrogen-bond donors (Lipinski definition) is 0. The van der Waals surface area contributed by atoms with Crippen LogP contribution in [0.3, 0.4) is 0 Å². The molecule has 1 aromatic carbocycles. The third-order valence-corrected chi connectivity index (χ3v) is 5.57. The molecule has 1 aliphatic rings. The first kappa shape index (κ1) is 16.4. The number of nitrogens with zero attached hydrogens (tertiary/aromatic N) is 1. The molecule has 8 heteroatoms. The molecule has 5 nitrogen and oxygen atoms in total. The zero-order valence-corrected chi connectivity index (χ0v) is 13.7. The lowest BCUT2D eigenvalue weighted by molar-refractivity contribution is -0.116. The second-order valence-corrected chi connectivity index (χ2v) is 7.70. The first-order chi connectivity index (χ1) is 9.88. The predicted octanol–water partition coefficient (Wildman–Crippen LogP) is 2.11. The first-order valence-corrected chi connectivity index (χ1v) is 9.03. The van der Waals surface area contributed by atoms with E-state index < -0.39 is 15.9 Å². The van der Waals surface area contributed by atoms with Gasteiger partial charge in [0.05, 0.1) is 30.3 Å². The monoisotopic (exact) mass is 351 g/mol. The average Bonchev–Trinajstić information content (AvgIpc) is 2.79. The van der Waals surface area contributed by atoms with Gasteiger partial charge in [-0.1, -0.05) is 11.6 Å². The van der Waals surface area contributed by atoms with Crippen LogP contribution in [0.1, 0.15) is 6.42 Å². The van der Waals surface area contributed by atoms with Gasteiger partial charge in [-0.05, 0) is 24.6 Å². The molecule has 1 atom stereocenters. The molecule has 0 spiro atoms. The molecule has 1 fully saturated rings. The molecule has 1 aromatic rings. The van der Waals surface area contributed by atoms with Crippen LogP contribution in [0, 0.1) is 0 Å². The highest BCUT2D eigenvalue weighted by Crippen LogP contribution is 2.35. The molecule has 1 amide bonds. The molecule has 1 saturated heterocycles. The van der Waals surface area contributed by atoms with Crippen LogP contribution in [0.4, 0.5) is 5.69 Å². The highest BCUT2D eigenvalue weighted by Gasteiger charge is 2.36. The fourth-order valence-electron chi connectivity index (χ4n) is 2.43. The fourth-order valence-corrected chi connectivity index (χ4v) is 4.42. The van der Waals surface area contributed by atoms with Crippen LogP contribution in [-0.2, 0) is 14.6 Å². The molecule has 0 saturated carbocycles. The minimum Gasteiger partial charge on any atom is -0.495 e. The van der Waals surface area contributed by atoms with Crippen LogP contribution >= 0.6 is 23.2 Å². The molecule has 1 aliphatic heterocycles. The number of rotatable bonds is 4. The van der Waals surface area contributed by atoms with E-state index in [1.165, 1.54) is 12.0 Å². The number of methoxy groups -OCH3 is 1. The number of hydrogen-bond acceptors (Lipinski definition) is 4. The molecule has 0 aromatic heterocycles. The summed E-state index contributed by atoms with van der Waals surface area (Å²) in [5, 5.41) is 0.430. The van der Waals surface area contributed by atoms with Crippen molar-refractivity contribution in [2.24, 2.45) is 0 Å². The van der Waals surface area contributed by atoms with Crippen molar-refractivity contribution in [1.82, 2.24) is 0 Å². The second kappa shape index (κ2) is 6.42. The predicted molar refractivity (Wildman–Crippen MR) is 83.3 cm³/mol. The smallest absolute Gasteiger partial charge is 0.242 e. The number of carbonyl (C=O) groups is 1. The van der Waals surface area contributed by atoms with Crippen molar-refractivity contribution < 1.29 is 17.9 Å². The van der Waals surface area contributed by atoms with Gasteiger partial charge in [0, 0.05) is 5.02 Å². The van der Waals surface area contributed by atoms with E-state index in [4.69, 9.17) is 27.9 Å². The summed E-state index contributed by atoms with van der Waals surface area (Å²) in [6.45, 7) is 0. The number of anilines is 1. The van der Waals surface area contributed by atoms with Crippen LogP contribution in [-0.4, -0.2) is 44.9 Å². The number of carbonyl (C=O) groups excluding carboxylic acids is 1. The summed E-state index contributed by atoms with van der Waals surface area (Å²) in [4.78, 5) is 13.6. The van der Waals surface area contributed by atoms with E-state index in [1.54, 1.807) is 18.2 Å². The van der Waals surface area contributed by atoms with Crippen molar-refractivity contribution in [3.05, 3.63) is 23.2 Å². The van der Waals surface area contributed by atoms with Crippen molar-refractivity contribution in [2.75, 3.05) is 29.4 Å². The standard InChI is InChI=1S/C13H15Cl2NO4S/c1-20-12-3-2-9(15)6-11(12)16(13(17)7-14)10-4-5-21(18,19)8-10/h2-3,6,10H,4-5,7-8H2,1H3. The Balaban J connectivity index is 2.46. The SMILES string of the molecule is COc1ccc(Cl)cc1N(C(=O)CCl)C1CCS(=O)(=O)C1. The van der Waals surface area contributed by atoms with E-state index in [0.29, 0.717) is 22.9 Å². The molecule has 0 radical (unpaired) electrons. The van der Waals surface area contributed by atoms with Gasteiger partial charge in [0.2, 0.25) is 5.91 Å². The third kappa shape index (κ3) is 3.62. The van der Waals surface area contributed by atoms with Crippen LogP contribution in [0.2, 0.25) is 5.02 Å². The number of ether oxygens (including phenoxy) is 1. The second-order valence-electron chi connectivity index (χ2n) is 4.77. The summed E-state index contributed by atoms with van der Waals surface area (Å²) in [5.74, 6) is -0.189. The molecule has 2 rings (SSSR count). The van der Waals surface area contributed by atoms with Gasteiger partial charge in [-0.25, -0.2) is 8.42 Å². The Bertz CT molecular complexity index is 648. The number of amides is 1. The van der Waals surface area contributed by atoms with Crippen molar-refractivity contribution >= 4 is 44.6 Å². The first-order valence-electron chi connectivity index (χ1n) is 6.30. The molecule has 0 N–H and O–H groups in total. The highest BCUT2D eigenvalue weighted by molar-refractivity contribution is 7.91. The molecule has 1 unspecified atom stereocenters. The zero-order chi connectivity index (χ0) is 15.6. The number of benzene rings is 1. The minimum absolute atomic E-state index is 0.0621. The normalized spacial score (nSPS) is 20.2. The Morgan fingerprint density at radius 1 is 1.48 bits per heavy atom. The van der Waals surface area contributed by atoms with Gasteiger partial charge < -0.3 is 9.64 Å². The van der Waals surface area contributed by atoms with Crippen LogP contribution in [0.15, 0.2) is 18.2 Å². The molecule has 116 valence electrons. The quantitative estimate of drug-likeness (QED) is 0.779. The number of halogens is 2. The van der Waals surface area contributed by atoms with E-state index in [1.807, 2.05) is 0 Å². The summed E-state index contributed by atoms with van der Waals surface area (Å²) in [6, 6.07) is 4.40. The largest absolute Gasteiger partial charge is 0.495 e. The molecule has 1 heterocycles. The molecule has 0 aliphatic carbocycles. The van der Waals surface area contributed by atoms with Gasteiger partial charge in [0.1, 0.15) is 11.6 Å². The summed E-state index contributed by atoms with van der Waals surface area (Å²) in [6.07, 6.45) is 0.376. The van der Waals surface area contributed by atoms with Crippen LogP contribution in [0.25, 0.3) is 0 Å². The summed E-state index contributed by atoms with van der Waals surface area (Å²) < 4.78 is 28.6. The maximum Gasteiger partial charge on any atom is 0.242 e. The Hall–Kier alpha value is -0.980. The Labute approximate surface area is 133 Å². The lowest BCUT2D eigenvalue weighted by atomic mass is 10.1. The summed E-state index contributed by atoms with van der Waals surface area (Å²) >= 11 is 11.7. The van der Waals surface area contributed by atoms with Crippen molar-refractivity contribution in [3.63, 3.8) is 0 Å². The third-order valence-electron chi connectivity index (χ3n) is 3.36. The van der Waals surface area contributed by atoms with Gasteiger partial charge in [0.15, 0.2) is 9.84 Å². The maximum atomic E-state index is 12.2. The Morgan fingerprint density at radius 3 is 2.71 bits per heavy atom. The Morgan fingerprint density at radius 2 is 2.19 bits per heavy atom. The molecular weight excluding hydrogens is 337 g/mol. The van der Waals surface area contributed by atoms with Gasteiger partial charge >= 0.3 is 0 Å².